The monoisotopic (exact) mass is 353 g/mol. The van der Waals surface area contributed by atoms with Crippen LogP contribution in [0, 0.1) is 0 Å². The van der Waals surface area contributed by atoms with E-state index in [0.717, 1.165) is 41.8 Å². The zero-order chi connectivity index (χ0) is 14.9. The molecule has 0 aliphatic carbocycles. The van der Waals surface area contributed by atoms with E-state index in [1.54, 1.807) is 0 Å². The summed E-state index contributed by atoms with van der Waals surface area (Å²) in [5.41, 5.74) is 1.68. The molecule has 1 saturated heterocycles. The van der Waals surface area contributed by atoms with Crippen molar-refractivity contribution >= 4 is 15.9 Å². The molecule has 3 rings (SSSR count). The highest BCUT2D eigenvalue weighted by Crippen LogP contribution is 2.36. The molecule has 1 aromatic rings. The Morgan fingerprint density at radius 1 is 1.43 bits per heavy atom. The number of benzene rings is 1. The molecule has 2 heterocycles. The molecule has 21 heavy (non-hydrogen) atoms. The molecule has 4 heteroatoms. The summed E-state index contributed by atoms with van der Waals surface area (Å²) >= 11 is 3.57. The molecule has 116 valence electrons. The lowest BCUT2D eigenvalue weighted by atomic mass is 9.86. The van der Waals surface area contributed by atoms with Crippen LogP contribution in [-0.4, -0.2) is 29.9 Å². The highest BCUT2D eigenvalue weighted by atomic mass is 79.9. The number of halogens is 1. The second-order valence-electron chi connectivity index (χ2n) is 6.68. The number of piperidine rings is 1. The second-order valence-corrected chi connectivity index (χ2v) is 7.59. The Balaban J connectivity index is 1.72. The zero-order valence-corrected chi connectivity index (χ0v) is 14.2. The first-order valence-electron chi connectivity index (χ1n) is 7.93. The molecular weight excluding hydrogens is 330 g/mol. The normalized spacial score (nSPS) is 24.2. The average Bonchev–Trinajstić information content (AvgIpc) is 2.87. The smallest absolute Gasteiger partial charge is 0.125 e. The van der Waals surface area contributed by atoms with Gasteiger partial charge in [0.15, 0.2) is 0 Å². The maximum absolute atomic E-state index is 10.8. The van der Waals surface area contributed by atoms with Crippen molar-refractivity contribution in [2.45, 2.75) is 57.1 Å². The predicted molar refractivity (Wildman–Crippen MR) is 87.9 cm³/mol. The summed E-state index contributed by atoms with van der Waals surface area (Å²) < 4.78 is 6.85. The molecule has 0 radical (unpaired) electrons. The number of nitrogens with one attached hydrogen (secondary N) is 1. The maximum Gasteiger partial charge on any atom is 0.125 e. The molecule has 1 fully saturated rings. The number of hydrogen-bond donors (Lipinski definition) is 2. The molecule has 1 aromatic carbocycles. The van der Waals surface area contributed by atoms with Gasteiger partial charge in [0.25, 0.3) is 0 Å². The second kappa shape index (κ2) is 6.27. The van der Waals surface area contributed by atoms with Crippen molar-refractivity contribution < 1.29 is 9.84 Å². The minimum atomic E-state index is -0.699. The van der Waals surface area contributed by atoms with Gasteiger partial charge < -0.3 is 15.2 Å². The number of ether oxygens (including phenoxy) is 1. The van der Waals surface area contributed by atoms with E-state index in [9.17, 15) is 5.11 Å². The molecule has 3 nitrogen and oxygen atoms in total. The fourth-order valence-corrected chi connectivity index (χ4v) is 4.14. The third kappa shape index (κ3) is 3.79. The Bertz CT molecular complexity index is 510. The third-order valence-electron chi connectivity index (χ3n) is 4.50. The third-order valence-corrected chi connectivity index (χ3v) is 4.95. The van der Waals surface area contributed by atoms with E-state index in [1.807, 2.05) is 6.92 Å². The molecule has 0 aromatic heterocycles. The summed E-state index contributed by atoms with van der Waals surface area (Å²) in [4.78, 5) is 0. The van der Waals surface area contributed by atoms with Gasteiger partial charge in [-0.1, -0.05) is 22.4 Å². The summed E-state index contributed by atoms with van der Waals surface area (Å²) in [7, 11) is 0. The Morgan fingerprint density at radius 3 is 3.05 bits per heavy atom. The SMILES string of the molecule is CC(O)(Cc1cc(Br)cc2c1OCC2)CC1CCCCN1. The molecule has 0 saturated carbocycles. The van der Waals surface area contributed by atoms with Gasteiger partial charge in [0, 0.05) is 23.4 Å². The quantitative estimate of drug-likeness (QED) is 0.873. The summed E-state index contributed by atoms with van der Waals surface area (Å²) in [5.74, 6) is 0.995. The lowest BCUT2D eigenvalue weighted by molar-refractivity contribution is 0.0366. The van der Waals surface area contributed by atoms with Crippen molar-refractivity contribution in [3.8, 4) is 5.75 Å². The van der Waals surface area contributed by atoms with Crippen LogP contribution in [0.25, 0.3) is 0 Å². The van der Waals surface area contributed by atoms with Crippen LogP contribution in [0.3, 0.4) is 0 Å². The van der Waals surface area contributed by atoms with Crippen LogP contribution in [0.1, 0.15) is 43.7 Å². The van der Waals surface area contributed by atoms with Gasteiger partial charge in [0.2, 0.25) is 0 Å². The zero-order valence-electron chi connectivity index (χ0n) is 12.6. The Kier molecular flexibility index (Phi) is 4.57. The van der Waals surface area contributed by atoms with E-state index in [0.29, 0.717) is 12.5 Å². The molecule has 2 unspecified atom stereocenters. The highest BCUT2D eigenvalue weighted by molar-refractivity contribution is 9.10. The first kappa shape index (κ1) is 15.3. The fraction of sp³-hybridized carbons (Fsp3) is 0.647. The van der Waals surface area contributed by atoms with E-state index >= 15 is 0 Å². The van der Waals surface area contributed by atoms with Gasteiger partial charge in [-0.05, 0) is 56.0 Å². The van der Waals surface area contributed by atoms with Crippen LogP contribution in [0.2, 0.25) is 0 Å². The molecule has 0 spiro atoms. The Labute approximate surface area is 135 Å². The molecule has 2 aliphatic heterocycles. The van der Waals surface area contributed by atoms with Crippen molar-refractivity contribution in [2.24, 2.45) is 0 Å². The summed E-state index contributed by atoms with van der Waals surface area (Å²) in [6.07, 6.45) is 6.10. The molecule has 0 bridgehead atoms. The standard InChI is InChI=1S/C17H24BrNO2/c1-17(20,11-15-4-2-3-6-19-15)10-13-9-14(18)8-12-5-7-21-16(12)13/h8-9,15,19-20H,2-7,10-11H2,1H3. The lowest BCUT2D eigenvalue weighted by Gasteiger charge is -2.32. The van der Waals surface area contributed by atoms with E-state index in [2.05, 4.69) is 33.4 Å². The van der Waals surface area contributed by atoms with Crippen LogP contribution in [0.4, 0.5) is 0 Å². The van der Waals surface area contributed by atoms with Crippen molar-refractivity contribution in [1.29, 1.82) is 0 Å². The highest BCUT2D eigenvalue weighted by Gasteiger charge is 2.29. The lowest BCUT2D eigenvalue weighted by Crippen LogP contribution is -2.41. The number of hydrogen-bond acceptors (Lipinski definition) is 3. The Hall–Kier alpha value is -0.580. The predicted octanol–water partition coefficient (Wildman–Crippen LogP) is 3.21. The molecule has 2 aliphatic rings. The van der Waals surface area contributed by atoms with Gasteiger partial charge in [-0.3, -0.25) is 0 Å². The minimum Gasteiger partial charge on any atom is -0.493 e. The van der Waals surface area contributed by atoms with Gasteiger partial charge in [0.05, 0.1) is 12.2 Å². The van der Waals surface area contributed by atoms with Gasteiger partial charge in [-0.15, -0.1) is 0 Å². The summed E-state index contributed by atoms with van der Waals surface area (Å²) in [6.45, 7) is 3.78. The number of aliphatic hydroxyl groups is 1. The van der Waals surface area contributed by atoms with Crippen molar-refractivity contribution in [1.82, 2.24) is 5.32 Å². The van der Waals surface area contributed by atoms with E-state index in [1.165, 1.54) is 24.8 Å². The van der Waals surface area contributed by atoms with Gasteiger partial charge >= 0.3 is 0 Å². The first-order valence-corrected chi connectivity index (χ1v) is 8.73. The van der Waals surface area contributed by atoms with Crippen LogP contribution in [0.5, 0.6) is 5.75 Å². The maximum atomic E-state index is 10.8. The van der Waals surface area contributed by atoms with Crippen molar-refractivity contribution in [3.05, 3.63) is 27.7 Å². The van der Waals surface area contributed by atoms with Crippen LogP contribution in [0.15, 0.2) is 16.6 Å². The van der Waals surface area contributed by atoms with E-state index in [-0.39, 0.29) is 0 Å². The van der Waals surface area contributed by atoms with E-state index < -0.39 is 5.60 Å². The van der Waals surface area contributed by atoms with Crippen LogP contribution >= 0.6 is 15.9 Å². The largest absolute Gasteiger partial charge is 0.493 e. The number of fused-ring (bicyclic) bond motifs is 1. The minimum absolute atomic E-state index is 0.440. The van der Waals surface area contributed by atoms with Crippen LogP contribution < -0.4 is 10.1 Å². The van der Waals surface area contributed by atoms with Gasteiger partial charge in [0.1, 0.15) is 5.75 Å². The average molecular weight is 354 g/mol. The van der Waals surface area contributed by atoms with Gasteiger partial charge in [-0.25, -0.2) is 0 Å². The van der Waals surface area contributed by atoms with Gasteiger partial charge in [-0.2, -0.15) is 0 Å². The van der Waals surface area contributed by atoms with E-state index in [4.69, 9.17) is 4.74 Å². The Morgan fingerprint density at radius 2 is 2.29 bits per heavy atom. The molecule has 2 N–H and O–H groups in total. The van der Waals surface area contributed by atoms with Crippen LogP contribution in [-0.2, 0) is 12.8 Å². The summed E-state index contributed by atoms with van der Waals surface area (Å²) in [6, 6.07) is 4.66. The molecule has 2 atom stereocenters. The molecule has 0 amide bonds. The fourth-order valence-electron chi connectivity index (χ4n) is 3.59. The first-order chi connectivity index (χ1) is 10.0. The molecular formula is C17H24BrNO2. The van der Waals surface area contributed by atoms with Crippen molar-refractivity contribution in [2.75, 3.05) is 13.2 Å². The summed E-state index contributed by atoms with van der Waals surface area (Å²) in [5, 5.41) is 14.4. The topological polar surface area (TPSA) is 41.5 Å². The number of rotatable bonds is 4. The van der Waals surface area contributed by atoms with Crippen molar-refractivity contribution in [3.63, 3.8) is 0 Å².